The summed E-state index contributed by atoms with van der Waals surface area (Å²) >= 11 is 1.46. The molecule has 6 nitrogen and oxygen atoms in total. The van der Waals surface area contributed by atoms with Crippen LogP contribution in [-0.4, -0.2) is 62.4 Å². The van der Waals surface area contributed by atoms with Crippen LogP contribution in [0.5, 0.6) is 0 Å². The molecule has 1 aliphatic heterocycles. The zero-order valence-electron chi connectivity index (χ0n) is 18.4. The van der Waals surface area contributed by atoms with Gasteiger partial charge in [0.2, 0.25) is 5.91 Å². The molecule has 0 aliphatic carbocycles. The predicted molar refractivity (Wildman–Crippen MR) is 125 cm³/mol. The Kier molecular flexibility index (Phi) is 6.73. The van der Waals surface area contributed by atoms with E-state index in [1.807, 2.05) is 28.6 Å². The van der Waals surface area contributed by atoms with Gasteiger partial charge in [0.1, 0.15) is 0 Å². The Morgan fingerprint density at radius 2 is 1.77 bits per heavy atom. The van der Waals surface area contributed by atoms with E-state index in [9.17, 15) is 4.79 Å². The van der Waals surface area contributed by atoms with E-state index in [0.29, 0.717) is 5.75 Å². The maximum Gasteiger partial charge on any atom is 0.233 e. The minimum absolute atomic E-state index is 0.167. The monoisotopic (exact) mass is 435 g/mol. The number of aromatic nitrogens is 3. The fourth-order valence-corrected chi connectivity index (χ4v) is 4.75. The zero-order chi connectivity index (χ0) is 21.8. The van der Waals surface area contributed by atoms with E-state index >= 15 is 0 Å². The molecule has 2 aromatic carbocycles. The van der Waals surface area contributed by atoms with E-state index in [0.717, 1.165) is 54.8 Å². The van der Waals surface area contributed by atoms with E-state index in [-0.39, 0.29) is 5.91 Å². The summed E-state index contributed by atoms with van der Waals surface area (Å²) < 4.78 is 1.97. The van der Waals surface area contributed by atoms with Gasteiger partial charge < -0.3 is 9.47 Å². The molecule has 162 valence electrons. The van der Waals surface area contributed by atoms with Crippen LogP contribution in [0, 0.1) is 13.8 Å². The van der Waals surface area contributed by atoms with E-state index in [1.54, 1.807) is 0 Å². The Balaban J connectivity index is 1.29. The van der Waals surface area contributed by atoms with Gasteiger partial charge >= 0.3 is 0 Å². The summed E-state index contributed by atoms with van der Waals surface area (Å²) in [6.07, 6.45) is 0. The molecular weight excluding hydrogens is 406 g/mol. The summed E-state index contributed by atoms with van der Waals surface area (Å²) in [7, 11) is 1.96. The molecule has 0 radical (unpaired) electrons. The highest BCUT2D eigenvalue weighted by atomic mass is 32.2. The third-order valence-corrected chi connectivity index (χ3v) is 6.76. The lowest BCUT2D eigenvalue weighted by Crippen LogP contribution is -2.48. The molecule has 1 aliphatic rings. The van der Waals surface area contributed by atoms with Gasteiger partial charge in [-0.3, -0.25) is 9.69 Å². The average Bonchev–Trinajstić information content (AvgIpc) is 3.13. The van der Waals surface area contributed by atoms with Gasteiger partial charge in [0, 0.05) is 45.3 Å². The number of piperazine rings is 1. The molecule has 3 aromatic rings. The Morgan fingerprint density at radius 1 is 1.00 bits per heavy atom. The number of hydrogen-bond donors (Lipinski definition) is 0. The number of amides is 1. The van der Waals surface area contributed by atoms with Crippen molar-refractivity contribution < 1.29 is 4.79 Å². The second-order valence-electron chi connectivity index (χ2n) is 8.11. The van der Waals surface area contributed by atoms with Gasteiger partial charge in [0.05, 0.1) is 5.75 Å². The number of hydrogen-bond acceptors (Lipinski definition) is 5. The van der Waals surface area contributed by atoms with Crippen molar-refractivity contribution in [2.24, 2.45) is 7.05 Å². The minimum atomic E-state index is 0.167. The molecule has 4 rings (SSSR count). The molecule has 7 heteroatoms. The van der Waals surface area contributed by atoms with Gasteiger partial charge in [0.25, 0.3) is 0 Å². The summed E-state index contributed by atoms with van der Waals surface area (Å²) in [5, 5.41) is 9.44. The molecule has 2 heterocycles. The van der Waals surface area contributed by atoms with Gasteiger partial charge in [-0.15, -0.1) is 10.2 Å². The fourth-order valence-electron chi connectivity index (χ4n) is 3.94. The summed E-state index contributed by atoms with van der Waals surface area (Å²) in [6.45, 7) is 8.51. The van der Waals surface area contributed by atoms with Crippen LogP contribution in [0.1, 0.15) is 16.7 Å². The van der Waals surface area contributed by atoms with Crippen LogP contribution >= 0.6 is 11.8 Å². The first-order chi connectivity index (χ1) is 15.0. The van der Waals surface area contributed by atoms with E-state index in [4.69, 9.17) is 0 Å². The van der Waals surface area contributed by atoms with Crippen molar-refractivity contribution >= 4 is 17.7 Å². The fraction of sp³-hybridized carbons (Fsp3) is 0.375. The second-order valence-corrected chi connectivity index (χ2v) is 9.06. The molecule has 1 amide bonds. The first-order valence-electron chi connectivity index (χ1n) is 10.6. The van der Waals surface area contributed by atoms with Crippen molar-refractivity contribution in [3.63, 3.8) is 0 Å². The Labute approximate surface area is 188 Å². The molecular formula is C24H29N5OS. The molecule has 1 fully saturated rings. The number of nitrogens with zero attached hydrogens (tertiary/aromatic N) is 5. The molecule has 1 saturated heterocycles. The van der Waals surface area contributed by atoms with Crippen molar-refractivity contribution in [1.29, 1.82) is 0 Å². The number of benzene rings is 2. The van der Waals surface area contributed by atoms with E-state index in [2.05, 4.69) is 65.3 Å². The topological polar surface area (TPSA) is 54.3 Å². The minimum Gasteiger partial charge on any atom is -0.339 e. The normalized spacial score (nSPS) is 14.7. The van der Waals surface area contributed by atoms with Crippen LogP contribution in [0.2, 0.25) is 0 Å². The highest BCUT2D eigenvalue weighted by Crippen LogP contribution is 2.25. The zero-order valence-corrected chi connectivity index (χ0v) is 19.2. The highest BCUT2D eigenvalue weighted by molar-refractivity contribution is 7.99. The lowest BCUT2D eigenvalue weighted by molar-refractivity contribution is -0.130. The summed E-state index contributed by atoms with van der Waals surface area (Å²) in [4.78, 5) is 17.1. The van der Waals surface area contributed by atoms with Crippen LogP contribution in [-0.2, 0) is 18.4 Å². The Morgan fingerprint density at radius 3 is 2.52 bits per heavy atom. The van der Waals surface area contributed by atoms with E-state index < -0.39 is 0 Å². The molecule has 0 spiro atoms. The van der Waals surface area contributed by atoms with Gasteiger partial charge in [-0.25, -0.2) is 0 Å². The lowest BCUT2D eigenvalue weighted by atomic mass is 10.1. The van der Waals surface area contributed by atoms with Crippen LogP contribution in [0.3, 0.4) is 0 Å². The quantitative estimate of drug-likeness (QED) is 0.555. The smallest absolute Gasteiger partial charge is 0.233 e. The van der Waals surface area contributed by atoms with Crippen molar-refractivity contribution in [3.8, 4) is 11.4 Å². The first-order valence-corrected chi connectivity index (χ1v) is 11.6. The number of rotatable bonds is 6. The molecule has 0 N–H and O–H groups in total. The van der Waals surface area contributed by atoms with Crippen molar-refractivity contribution in [3.05, 3.63) is 65.2 Å². The Bertz CT molecular complexity index is 1060. The highest BCUT2D eigenvalue weighted by Gasteiger charge is 2.22. The second kappa shape index (κ2) is 9.66. The summed E-state index contributed by atoms with van der Waals surface area (Å²) in [5.41, 5.74) is 4.86. The largest absolute Gasteiger partial charge is 0.339 e. The molecule has 0 atom stereocenters. The maximum atomic E-state index is 12.8. The lowest BCUT2D eigenvalue weighted by Gasteiger charge is -2.34. The van der Waals surface area contributed by atoms with Gasteiger partial charge in [-0.2, -0.15) is 0 Å². The van der Waals surface area contributed by atoms with Crippen LogP contribution in [0.25, 0.3) is 11.4 Å². The standard InChI is InChI=1S/C24H29N5OS/c1-18-7-6-9-20(15-18)16-28-11-13-29(14-12-28)22(30)17-31-24-26-25-23(27(24)3)21-10-5-4-8-19(21)2/h4-10,15H,11-14,16-17H2,1-3H3. The van der Waals surface area contributed by atoms with Gasteiger partial charge in [0.15, 0.2) is 11.0 Å². The van der Waals surface area contributed by atoms with Crippen LogP contribution in [0.4, 0.5) is 0 Å². The molecule has 0 saturated carbocycles. The third-order valence-electron chi connectivity index (χ3n) is 5.76. The molecule has 1 aromatic heterocycles. The third kappa shape index (κ3) is 5.17. The first kappa shape index (κ1) is 21.6. The number of carbonyl (C=O) groups is 1. The predicted octanol–water partition coefficient (Wildman–Crippen LogP) is 3.54. The molecule has 0 unspecified atom stereocenters. The number of aryl methyl sites for hydroxylation is 2. The number of thioether (sulfide) groups is 1. The van der Waals surface area contributed by atoms with Gasteiger partial charge in [-0.05, 0) is 25.0 Å². The molecule has 0 bridgehead atoms. The molecule has 31 heavy (non-hydrogen) atoms. The van der Waals surface area contributed by atoms with Crippen LogP contribution < -0.4 is 0 Å². The average molecular weight is 436 g/mol. The van der Waals surface area contributed by atoms with Crippen molar-refractivity contribution in [2.75, 3.05) is 31.9 Å². The van der Waals surface area contributed by atoms with Crippen molar-refractivity contribution in [2.45, 2.75) is 25.5 Å². The van der Waals surface area contributed by atoms with Crippen LogP contribution in [0.15, 0.2) is 53.7 Å². The van der Waals surface area contributed by atoms with Gasteiger partial charge in [-0.1, -0.05) is 65.9 Å². The van der Waals surface area contributed by atoms with E-state index in [1.165, 1.54) is 22.9 Å². The summed E-state index contributed by atoms with van der Waals surface area (Å²) in [5.74, 6) is 1.39. The SMILES string of the molecule is Cc1cccc(CN2CCN(C(=O)CSc3nnc(-c4ccccc4C)n3C)CC2)c1. The Hall–Kier alpha value is -2.64. The number of carbonyl (C=O) groups excluding carboxylic acids is 1. The maximum absolute atomic E-state index is 12.8. The van der Waals surface area contributed by atoms with Crippen molar-refractivity contribution in [1.82, 2.24) is 24.6 Å². The summed E-state index contributed by atoms with van der Waals surface area (Å²) in [6, 6.07) is 16.8.